The highest BCUT2D eigenvalue weighted by Crippen LogP contribution is 2.34. The molecule has 0 aliphatic heterocycles. The van der Waals surface area contributed by atoms with E-state index in [1.54, 1.807) is 25.6 Å². The fourth-order valence-electron chi connectivity index (χ4n) is 2.80. The van der Waals surface area contributed by atoms with E-state index in [1.165, 1.54) is 11.8 Å². The molecule has 0 N–H and O–H groups in total. The highest BCUT2D eigenvalue weighted by molar-refractivity contribution is 7.98. The van der Waals surface area contributed by atoms with Crippen LogP contribution in [-0.2, 0) is 5.75 Å². The first-order valence-electron chi connectivity index (χ1n) is 8.87. The molecule has 0 bridgehead atoms. The molecule has 0 saturated heterocycles. The van der Waals surface area contributed by atoms with Crippen LogP contribution in [0.5, 0.6) is 11.5 Å². The van der Waals surface area contributed by atoms with Crippen molar-refractivity contribution in [3.05, 3.63) is 59.1 Å². The van der Waals surface area contributed by atoms with E-state index in [-0.39, 0.29) is 0 Å². The molecule has 6 nitrogen and oxygen atoms in total. The Balaban J connectivity index is 1.45. The van der Waals surface area contributed by atoms with Crippen molar-refractivity contribution >= 4 is 23.1 Å². The van der Waals surface area contributed by atoms with Crippen molar-refractivity contribution in [1.82, 2.24) is 15.2 Å². The summed E-state index contributed by atoms with van der Waals surface area (Å²) in [5, 5.41) is 11.8. The first-order chi connectivity index (χ1) is 14.2. The lowest BCUT2D eigenvalue weighted by molar-refractivity contribution is 0.355. The van der Waals surface area contributed by atoms with Gasteiger partial charge in [0.15, 0.2) is 11.5 Å². The van der Waals surface area contributed by atoms with E-state index < -0.39 is 0 Å². The maximum absolute atomic E-state index is 5.81. The van der Waals surface area contributed by atoms with E-state index in [4.69, 9.17) is 18.9 Å². The summed E-state index contributed by atoms with van der Waals surface area (Å²) >= 11 is 3.06. The average Bonchev–Trinajstić information content (AvgIpc) is 3.42. The Kier molecular flexibility index (Phi) is 5.82. The van der Waals surface area contributed by atoms with Crippen molar-refractivity contribution in [2.75, 3.05) is 14.2 Å². The van der Waals surface area contributed by atoms with E-state index in [1.807, 2.05) is 54.8 Å². The zero-order chi connectivity index (χ0) is 20.2. The Morgan fingerprint density at radius 2 is 1.86 bits per heavy atom. The molecular weight excluding hydrogens is 406 g/mol. The van der Waals surface area contributed by atoms with Gasteiger partial charge in [-0.05, 0) is 36.8 Å². The summed E-state index contributed by atoms with van der Waals surface area (Å²) in [7, 11) is 3.25. The number of thiazole rings is 1. The summed E-state index contributed by atoms with van der Waals surface area (Å²) in [6.07, 6.45) is 0. The normalized spacial score (nSPS) is 10.9. The predicted molar refractivity (Wildman–Crippen MR) is 115 cm³/mol. The monoisotopic (exact) mass is 425 g/mol. The standard InChI is InChI=1S/C21H19N3O3S2/c1-13-6-4-5-7-16(13)19-23-24-21(27-19)29-12-15-11-28-20(22-15)14-8-9-17(25-2)18(10-14)26-3/h4-11H,12H2,1-3H3. The number of hydrogen-bond donors (Lipinski definition) is 0. The zero-order valence-corrected chi connectivity index (χ0v) is 17.8. The van der Waals surface area contributed by atoms with Gasteiger partial charge in [0.1, 0.15) is 5.01 Å². The minimum atomic E-state index is 0.531. The maximum atomic E-state index is 5.81. The number of aromatic nitrogens is 3. The molecule has 0 unspecified atom stereocenters. The zero-order valence-electron chi connectivity index (χ0n) is 16.2. The summed E-state index contributed by atoms with van der Waals surface area (Å²) in [4.78, 5) is 4.72. The SMILES string of the molecule is COc1ccc(-c2nc(CSc3nnc(-c4ccccc4C)o3)cs2)cc1OC. The second kappa shape index (κ2) is 8.67. The van der Waals surface area contributed by atoms with Crippen molar-refractivity contribution in [2.45, 2.75) is 17.9 Å². The number of rotatable bonds is 7. The van der Waals surface area contributed by atoms with Gasteiger partial charge in [0, 0.05) is 22.3 Å². The highest BCUT2D eigenvalue weighted by Gasteiger charge is 2.13. The second-order valence-electron chi connectivity index (χ2n) is 6.19. The number of thioether (sulfide) groups is 1. The van der Waals surface area contributed by atoms with Crippen molar-refractivity contribution in [3.63, 3.8) is 0 Å². The summed E-state index contributed by atoms with van der Waals surface area (Å²) in [6.45, 7) is 2.03. The van der Waals surface area contributed by atoms with Crippen molar-refractivity contribution in [2.24, 2.45) is 0 Å². The smallest absolute Gasteiger partial charge is 0.277 e. The number of ether oxygens (including phenoxy) is 2. The van der Waals surface area contributed by atoms with E-state index >= 15 is 0 Å². The van der Waals surface area contributed by atoms with Crippen LogP contribution in [0.25, 0.3) is 22.0 Å². The van der Waals surface area contributed by atoms with Crippen LogP contribution in [0, 0.1) is 6.92 Å². The maximum Gasteiger partial charge on any atom is 0.277 e. The fourth-order valence-corrected chi connectivity index (χ4v) is 4.38. The third-order valence-corrected chi connectivity index (χ3v) is 6.10. The van der Waals surface area contributed by atoms with Crippen LogP contribution >= 0.6 is 23.1 Å². The number of nitrogens with zero attached hydrogens (tertiary/aromatic N) is 3. The Hall–Kier alpha value is -2.84. The third-order valence-electron chi connectivity index (χ3n) is 4.31. The molecule has 0 spiro atoms. The number of aryl methyl sites for hydroxylation is 1. The van der Waals surface area contributed by atoms with Crippen molar-refractivity contribution in [1.29, 1.82) is 0 Å². The van der Waals surface area contributed by atoms with Crippen LogP contribution in [0.3, 0.4) is 0 Å². The molecule has 8 heteroatoms. The minimum absolute atomic E-state index is 0.531. The molecule has 0 atom stereocenters. The Bertz CT molecular complexity index is 1120. The topological polar surface area (TPSA) is 70.3 Å². The van der Waals surface area contributed by atoms with Gasteiger partial charge in [-0.3, -0.25) is 0 Å². The van der Waals surface area contributed by atoms with Gasteiger partial charge < -0.3 is 13.9 Å². The quantitative estimate of drug-likeness (QED) is 0.363. The van der Waals surface area contributed by atoms with Crippen LogP contribution < -0.4 is 9.47 Å². The molecule has 0 aliphatic carbocycles. The minimum Gasteiger partial charge on any atom is -0.493 e. The van der Waals surface area contributed by atoms with Crippen molar-refractivity contribution in [3.8, 4) is 33.5 Å². The van der Waals surface area contributed by atoms with Gasteiger partial charge in [0.05, 0.1) is 19.9 Å². The molecule has 0 radical (unpaired) electrons. The Labute approximate surface area is 176 Å². The summed E-state index contributed by atoms with van der Waals surface area (Å²) in [5.74, 6) is 2.57. The van der Waals surface area contributed by atoms with Crippen LogP contribution in [0.15, 0.2) is 57.5 Å². The number of methoxy groups -OCH3 is 2. The van der Waals surface area contributed by atoms with Gasteiger partial charge in [-0.1, -0.05) is 30.0 Å². The molecule has 29 heavy (non-hydrogen) atoms. The van der Waals surface area contributed by atoms with E-state index in [9.17, 15) is 0 Å². The predicted octanol–water partition coefficient (Wildman–Crippen LogP) is 5.48. The van der Waals surface area contributed by atoms with E-state index in [0.29, 0.717) is 28.4 Å². The van der Waals surface area contributed by atoms with Crippen LogP contribution in [0.2, 0.25) is 0 Å². The lowest BCUT2D eigenvalue weighted by atomic mass is 10.1. The highest BCUT2D eigenvalue weighted by atomic mass is 32.2. The largest absolute Gasteiger partial charge is 0.493 e. The molecule has 0 amide bonds. The third kappa shape index (κ3) is 4.28. The first kappa shape index (κ1) is 19.5. The first-order valence-corrected chi connectivity index (χ1v) is 10.7. The second-order valence-corrected chi connectivity index (χ2v) is 7.98. The summed E-state index contributed by atoms with van der Waals surface area (Å²) in [6, 6.07) is 13.7. The molecule has 2 heterocycles. The van der Waals surface area contributed by atoms with Gasteiger partial charge >= 0.3 is 0 Å². The molecule has 0 aliphatic rings. The average molecular weight is 426 g/mol. The molecular formula is C21H19N3O3S2. The van der Waals surface area contributed by atoms with Crippen LogP contribution in [0.1, 0.15) is 11.3 Å². The molecule has 2 aromatic carbocycles. The van der Waals surface area contributed by atoms with Crippen molar-refractivity contribution < 1.29 is 13.9 Å². The van der Waals surface area contributed by atoms with E-state index in [0.717, 1.165) is 27.4 Å². The van der Waals surface area contributed by atoms with E-state index in [2.05, 4.69) is 10.2 Å². The van der Waals surface area contributed by atoms with Gasteiger partial charge in [-0.25, -0.2) is 4.98 Å². The lowest BCUT2D eigenvalue weighted by Gasteiger charge is -2.08. The summed E-state index contributed by atoms with van der Waals surface area (Å²) < 4.78 is 16.5. The van der Waals surface area contributed by atoms with Crippen LogP contribution in [0.4, 0.5) is 0 Å². The lowest BCUT2D eigenvalue weighted by Crippen LogP contribution is -1.90. The molecule has 4 aromatic rings. The molecule has 4 rings (SSSR count). The van der Waals surface area contributed by atoms with Gasteiger partial charge in [-0.2, -0.15) is 0 Å². The van der Waals surface area contributed by atoms with Gasteiger partial charge in [0.25, 0.3) is 5.22 Å². The van der Waals surface area contributed by atoms with Gasteiger partial charge in [-0.15, -0.1) is 21.5 Å². The Morgan fingerprint density at radius 1 is 1.03 bits per heavy atom. The van der Waals surface area contributed by atoms with Crippen LogP contribution in [-0.4, -0.2) is 29.4 Å². The molecule has 148 valence electrons. The number of benzene rings is 2. The molecule has 0 fully saturated rings. The molecule has 0 saturated carbocycles. The molecule has 2 aromatic heterocycles. The Morgan fingerprint density at radius 3 is 2.66 bits per heavy atom. The number of hydrogen-bond acceptors (Lipinski definition) is 8. The van der Waals surface area contributed by atoms with Gasteiger partial charge in [0.2, 0.25) is 5.89 Å². The fraction of sp³-hybridized carbons (Fsp3) is 0.190. The summed E-state index contributed by atoms with van der Waals surface area (Å²) in [5.41, 5.74) is 4.01.